The molecule has 3 heterocycles. The van der Waals surface area contributed by atoms with Gasteiger partial charge >= 0.3 is 0 Å². The quantitative estimate of drug-likeness (QED) is 0.383. The number of nitriles is 2. The van der Waals surface area contributed by atoms with Crippen LogP contribution in [0, 0.1) is 28.6 Å². The lowest BCUT2D eigenvalue weighted by atomic mass is 10.0. The zero-order valence-corrected chi connectivity index (χ0v) is 22.2. The van der Waals surface area contributed by atoms with Crippen molar-refractivity contribution in [3.8, 4) is 12.1 Å². The van der Waals surface area contributed by atoms with E-state index in [0.29, 0.717) is 65.0 Å². The summed E-state index contributed by atoms with van der Waals surface area (Å²) < 4.78 is 1.52. The van der Waals surface area contributed by atoms with Crippen molar-refractivity contribution in [2.45, 2.75) is 50.7 Å². The van der Waals surface area contributed by atoms with Crippen molar-refractivity contribution in [3.63, 3.8) is 0 Å². The highest BCUT2D eigenvalue weighted by atomic mass is 35.5. The maximum absolute atomic E-state index is 11.9. The van der Waals surface area contributed by atoms with Crippen LogP contribution in [-0.2, 0) is 4.79 Å². The summed E-state index contributed by atoms with van der Waals surface area (Å²) in [5.41, 5.74) is 7.98. The predicted octanol–water partition coefficient (Wildman–Crippen LogP) is 2.61. The van der Waals surface area contributed by atoms with E-state index < -0.39 is 0 Å². The van der Waals surface area contributed by atoms with Crippen LogP contribution in [-0.4, -0.2) is 68.1 Å². The van der Waals surface area contributed by atoms with Gasteiger partial charge in [-0.05, 0) is 50.7 Å². The number of carbonyl (C=O) groups is 1. The minimum absolute atomic E-state index is 0.145. The molecule has 200 valence electrons. The monoisotopic (exact) mass is 545 g/mol. The van der Waals surface area contributed by atoms with Gasteiger partial charge < -0.3 is 21.3 Å². The van der Waals surface area contributed by atoms with E-state index in [1.165, 1.54) is 10.7 Å². The molecule has 2 atom stereocenters. The van der Waals surface area contributed by atoms with E-state index in [1.54, 1.807) is 6.07 Å². The van der Waals surface area contributed by atoms with E-state index in [2.05, 4.69) is 47.6 Å². The Hall–Kier alpha value is -4.13. The molecule has 2 aromatic heterocycles. The number of hydrogen-bond acceptors (Lipinski definition) is 10. The van der Waals surface area contributed by atoms with Crippen molar-refractivity contribution in [2.75, 3.05) is 35.2 Å². The smallest absolute Gasteiger partial charge is 0.234 e. The van der Waals surface area contributed by atoms with Gasteiger partial charge in [-0.25, -0.2) is 0 Å². The van der Waals surface area contributed by atoms with Gasteiger partial charge in [0.25, 0.3) is 0 Å². The fraction of sp³-hybridized carbons (Fsp3) is 0.462. The normalized spacial score (nSPS) is 20.3. The summed E-state index contributed by atoms with van der Waals surface area (Å²) in [5.74, 6) is 0.871. The largest absolute Gasteiger partial charge is 0.368 e. The summed E-state index contributed by atoms with van der Waals surface area (Å²) in [7, 11) is 0. The zero-order chi connectivity index (χ0) is 27.3. The minimum Gasteiger partial charge on any atom is -0.368 e. The fourth-order valence-corrected chi connectivity index (χ4v) is 5.42. The molecule has 2 saturated carbocycles. The van der Waals surface area contributed by atoms with Crippen LogP contribution in [0.15, 0.2) is 18.3 Å². The first-order valence-corrected chi connectivity index (χ1v) is 13.5. The van der Waals surface area contributed by atoms with Crippen LogP contribution in [0.4, 0.5) is 23.3 Å². The average molecular weight is 546 g/mol. The molecule has 4 N–H and O–H groups in total. The third kappa shape index (κ3) is 4.89. The minimum atomic E-state index is -0.348. The molecule has 0 unspecified atom stereocenters. The Morgan fingerprint density at radius 3 is 2.64 bits per heavy atom. The molecule has 39 heavy (non-hydrogen) atoms. The van der Waals surface area contributed by atoms with E-state index in [-0.39, 0.29) is 23.9 Å². The third-order valence-corrected chi connectivity index (χ3v) is 8.11. The number of anilines is 4. The summed E-state index contributed by atoms with van der Waals surface area (Å²) in [6, 6.07) is 7.95. The van der Waals surface area contributed by atoms with Crippen molar-refractivity contribution in [1.82, 2.24) is 24.5 Å². The number of nitrogens with one attached hydrogen (secondary N) is 2. The van der Waals surface area contributed by atoms with Gasteiger partial charge in [-0.1, -0.05) is 11.6 Å². The number of hydrogen-bond donors (Lipinski definition) is 3. The Morgan fingerprint density at radius 2 is 1.97 bits per heavy atom. The third-order valence-electron chi connectivity index (χ3n) is 7.71. The highest BCUT2D eigenvalue weighted by Crippen LogP contribution is 2.43. The number of carbonyl (C=O) groups excluding carboxylic acids is 1. The molecule has 3 aromatic rings. The molecule has 3 fully saturated rings. The Balaban J connectivity index is 1.35. The number of nitrogens with two attached hydrogens (primary N) is 1. The van der Waals surface area contributed by atoms with Crippen molar-refractivity contribution < 1.29 is 4.79 Å². The van der Waals surface area contributed by atoms with Gasteiger partial charge in [-0.15, -0.1) is 0 Å². The second kappa shape index (κ2) is 9.88. The van der Waals surface area contributed by atoms with Gasteiger partial charge in [0.15, 0.2) is 5.65 Å². The molecular weight excluding hydrogens is 518 g/mol. The first-order valence-electron chi connectivity index (χ1n) is 13.1. The number of nitrogens with zero attached hydrogens (tertiary/aromatic N) is 8. The van der Waals surface area contributed by atoms with Crippen molar-refractivity contribution >= 4 is 46.4 Å². The van der Waals surface area contributed by atoms with Crippen molar-refractivity contribution in [1.29, 1.82) is 10.5 Å². The second-order valence-corrected chi connectivity index (χ2v) is 10.8. The predicted molar refractivity (Wildman–Crippen MR) is 146 cm³/mol. The lowest BCUT2D eigenvalue weighted by molar-refractivity contribution is -0.123. The summed E-state index contributed by atoms with van der Waals surface area (Å²) >= 11 is 7.01. The van der Waals surface area contributed by atoms with Crippen LogP contribution in [0.5, 0.6) is 0 Å². The molecule has 1 saturated heterocycles. The average Bonchev–Trinajstić information content (AvgIpc) is 3.87. The molecular formula is C26H28ClN11O. The first-order chi connectivity index (χ1) is 18.9. The molecule has 0 radical (unpaired) electrons. The highest BCUT2D eigenvalue weighted by molar-refractivity contribution is 6.36. The SMILES string of the molecule is C[C@@H](C(N)=O)N1CCN(c2cc(C#N)cc(Nc3nc(NC4CC4)n4ncc(C#N)c4n3)c2Cl)[C@@H](C2CC2)C1. The molecule has 1 aliphatic heterocycles. The van der Waals surface area contributed by atoms with Gasteiger partial charge in [0, 0.05) is 31.7 Å². The summed E-state index contributed by atoms with van der Waals surface area (Å²) in [6.45, 7) is 3.83. The molecule has 2 aliphatic carbocycles. The topological polar surface area (TPSA) is 164 Å². The van der Waals surface area contributed by atoms with Crippen LogP contribution >= 0.6 is 11.6 Å². The second-order valence-electron chi connectivity index (χ2n) is 10.5. The van der Waals surface area contributed by atoms with Crippen molar-refractivity contribution in [3.05, 3.63) is 34.5 Å². The molecule has 0 bridgehead atoms. The molecule has 6 rings (SSSR count). The van der Waals surface area contributed by atoms with E-state index in [4.69, 9.17) is 17.3 Å². The number of piperazine rings is 1. The Bertz CT molecular complexity index is 1530. The first kappa shape index (κ1) is 25.2. The number of benzene rings is 1. The van der Waals surface area contributed by atoms with Crippen LogP contribution in [0.3, 0.4) is 0 Å². The molecule has 13 heteroatoms. The number of rotatable bonds is 8. The summed E-state index contributed by atoms with van der Waals surface area (Å²) in [6.07, 6.45) is 5.75. The Labute approximate surface area is 230 Å². The zero-order valence-electron chi connectivity index (χ0n) is 21.4. The molecule has 1 amide bonds. The number of aromatic nitrogens is 4. The van der Waals surface area contributed by atoms with Gasteiger partial charge in [-0.2, -0.15) is 30.1 Å². The van der Waals surface area contributed by atoms with Crippen LogP contribution in [0.2, 0.25) is 5.02 Å². The molecule has 12 nitrogen and oxygen atoms in total. The Kier molecular flexibility index (Phi) is 6.37. The highest BCUT2D eigenvalue weighted by Gasteiger charge is 2.41. The van der Waals surface area contributed by atoms with Gasteiger partial charge in [-0.3, -0.25) is 9.69 Å². The fourth-order valence-electron chi connectivity index (χ4n) is 5.16. The summed E-state index contributed by atoms with van der Waals surface area (Å²) in [4.78, 5) is 25.4. The number of halogens is 1. The molecule has 0 spiro atoms. The maximum Gasteiger partial charge on any atom is 0.234 e. The van der Waals surface area contributed by atoms with Crippen LogP contribution < -0.4 is 21.3 Å². The van der Waals surface area contributed by atoms with Crippen molar-refractivity contribution in [2.24, 2.45) is 11.7 Å². The maximum atomic E-state index is 11.9. The van der Waals surface area contributed by atoms with E-state index in [9.17, 15) is 15.3 Å². The van der Waals surface area contributed by atoms with Crippen LogP contribution in [0.25, 0.3) is 5.65 Å². The van der Waals surface area contributed by atoms with E-state index >= 15 is 0 Å². The lowest BCUT2D eigenvalue weighted by Gasteiger charge is -2.45. The van der Waals surface area contributed by atoms with Crippen LogP contribution in [0.1, 0.15) is 43.7 Å². The number of primary amides is 1. The van der Waals surface area contributed by atoms with Gasteiger partial charge in [0.2, 0.25) is 17.8 Å². The van der Waals surface area contributed by atoms with Gasteiger partial charge in [0.1, 0.15) is 11.6 Å². The Morgan fingerprint density at radius 1 is 1.18 bits per heavy atom. The standard InChI is InChI=1S/C26H28ClN11O/c1-14(23(30)39)36-6-7-37(21(13-36)16-2-3-16)20-9-15(10-28)8-19(22(20)27)33-25-34-24-17(11-29)12-31-38(24)26(35-25)32-18-4-5-18/h8-9,12,14,16,18,21H,2-7,13H2,1H3,(H2,30,39)(H2,32,33,34,35)/t14-,21+/m0/s1. The summed E-state index contributed by atoms with van der Waals surface area (Å²) in [5, 5.41) is 30.7. The molecule has 3 aliphatic rings. The molecule has 1 aromatic carbocycles. The number of amides is 1. The van der Waals surface area contributed by atoms with Gasteiger partial charge in [0.05, 0.1) is 40.3 Å². The van der Waals surface area contributed by atoms with E-state index in [1.807, 2.05) is 13.0 Å². The lowest BCUT2D eigenvalue weighted by Crippen LogP contribution is -2.58. The van der Waals surface area contributed by atoms with E-state index in [0.717, 1.165) is 31.4 Å². The number of fused-ring (bicyclic) bond motifs is 1.